The van der Waals surface area contributed by atoms with Crippen LogP contribution in [-0.4, -0.2) is 37.6 Å². The standard InChI is InChI=1S/C21H21ClN6O2S/c1-3-11-28-19(13-30-18-9-7-16(22)8-10-18)25-27-21(28)31-14-20(29)26-23-12-17-6-4-5-15(2)24-17/h3-10,12H,1,11,13-14H2,2H3,(H,26,29)/b23-12-. The number of thioether (sulfide) groups is 1. The normalized spacial score (nSPS) is 10.9. The SMILES string of the molecule is C=CCn1c(COc2ccc(Cl)cc2)nnc1SCC(=O)N/N=C\c1cccc(C)n1. The van der Waals surface area contributed by atoms with E-state index in [4.69, 9.17) is 16.3 Å². The fourth-order valence-electron chi connectivity index (χ4n) is 2.49. The number of ether oxygens (including phenoxy) is 1. The second kappa shape index (κ2) is 11.3. The third kappa shape index (κ3) is 6.94. The molecule has 3 aromatic rings. The molecule has 0 atom stereocenters. The fraction of sp³-hybridized carbons (Fsp3) is 0.190. The van der Waals surface area contributed by atoms with Gasteiger partial charge in [-0.2, -0.15) is 5.10 Å². The summed E-state index contributed by atoms with van der Waals surface area (Å²) in [6.07, 6.45) is 3.24. The molecule has 2 heterocycles. The maximum atomic E-state index is 12.1. The maximum absolute atomic E-state index is 12.1. The topological polar surface area (TPSA) is 94.3 Å². The number of pyridine rings is 1. The van der Waals surface area contributed by atoms with Gasteiger partial charge in [0.15, 0.2) is 11.0 Å². The van der Waals surface area contributed by atoms with Crippen molar-refractivity contribution >= 4 is 35.5 Å². The molecule has 1 aromatic carbocycles. The van der Waals surface area contributed by atoms with E-state index in [1.54, 1.807) is 30.3 Å². The van der Waals surface area contributed by atoms with Crippen LogP contribution < -0.4 is 10.2 Å². The first-order valence-corrected chi connectivity index (χ1v) is 10.7. The van der Waals surface area contributed by atoms with Gasteiger partial charge < -0.3 is 4.74 Å². The van der Waals surface area contributed by atoms with Crippen LogP contribution in [0.2, 0.25) is 5.02 Å². The molecule has 3 rings (SSSR count). The van der Waals surface area contributed by atoms with E-state index in [9.17, 15) is 4.79 Å². The lowest BCUT2D eigenvalue weighted by Crippen LogP contribution is -2.20. The van der Waals surface area contributed by atoms with Crippen molar-refractivity contribution in [2.24, 2.45) is 5.10 Å². The minimum atomic E-state index is -0.263. The summed E-state index contributed by atoms with van der Waals surface area (Å²) in [4.78, 5) is 16.4. The van der Waals surface area contributed by atoms with Gasteiger partial charge in [0.25, 0.3) is 5.91 Å². The molecule has 1 amide bonds. The summed E-state index contributed by atoms with van der Waals surface area (Å²) in [5, 5.41) is 13.5. The number of carbonyl (C=O) groups is 1. The van der Waals surface area contributed by atoms with Crippen LogP contribution in [0.5, 0.6) is 5.75 Å². The highest BCUT2D eigenvalue weighted by atomic mass is 35.5. The van der Waals surface area contributed by atoms with Gasteiger partial charge in [0.05, 0.1) is 17.7 Å². The molecule has 160 valence electrons. The molecule has 0 saturated heterocycles. The van der Waals surface area contributed by atoms with Crippen molar-refractivity contribution in [2.75, 3.05) is 5.75 Å². The van der Waals surface area contributed by atoms with Gasteiger partial charge in [0.1, 0.15) is 12.4 Å². The van der Waals surface area contributed by atoms with Gasteiger partial charge in [-0.15, -0.1) is 16.8 Å². The van der Waals surface area contributed by atoms with Crippen LogP contribution in [0.3, 0.4) is 0 Å². The number of amides is 1. The quantitative estimate of drug-likeness (QED) is 0.216. The minimum absolute atomic E-state index is 0.131. The molecule has 0 unspecified atom stereocenters. The van der Waals surface area contributed by atoms with E-state index in [1.807, 2.05) is 29.7 Å². The number of nitrogens with one attached hydrogen (secondary N) is 1. The highest BCUT2D eigenvalue weighted by Gasteiger charge is 2.14. The van der Waals surface area contributed by atoms with Gasteiger partial charge in [0, 0.05) is 17.3 Å². The number of benzene rings is 1. The van der Waals surface area contributed by atoms with E-state index in [0.29, 0.717) is 34.0 Å². The predicted molar refractivity (Wildman–Crippen MR) is 121 cm³/mol. The van der Waals surface area contributed by atoms with Crippen molar-refractivity contribution in [3.8, 4) is 5.75 Å². The number of allylic oxidation sites excluding steroid dienone is 1. The van der Waals surface area contributed by atoms with Crippen LogP contribution in [0, 0.1) is 6.92 Å². The Morgan fingerprint density at radius 1 is 1.29 bits per heavy atom. The van der Waals surface area contributed by atoms with Gasteiger partial charge >= 0.3 is 0 Å². The first kappa shape index (κ1) is 22.5. The van der Waals surface area contributed by atoms with E-state index >= 15 is 0 Å². The predicted octanol–water partition coefficient (Wildman–Crippen LogP) is 3.64. The smallest absolute Gasteiger partial charge is 0.250 e. The van der Waals surface area contributed by atoms with Crippen LogP contribution in [-0.2, 0) is 17.9 Å². The van der Waals surface area contributed by atoms with Gasteiger partial charge in [-0.3, -0.25) is 14.3 Å². The molecule has 8 nitrogen and oxygen atoms in total. The molecule has 0 radical (unpaired) electrons. The minimum Gasteiger partial charge on any atom is -0.486 e. The molecule has 31 heavy (non-hydrogen) atoms. The summed E-state index contributed by atoms with van der Waals surface area (Å²) in [7, 11) is 0. The van der Waals surface area contributed by atoms with Gasteiger partial charge in [-0.25, -0.2) is 5.43 Å². The monoisotopic (exact) mass is 456 g/mol. The molecule has 0 fully saturated rings. The van der Waals surface area contributed by atoms with Crippen LogP contribution in [0.4, 0.5) is 0 Å². The molecule has 0 aliphatic heterocycles. The molecule has 2 aromatic heterocycles. The van der Waals surface area contributed by atoms with Crippen molar-refractivity contribution in [1.29, 1.82) is 0 Å². The Hall–Kier alpha value is -3.17. The molecule has 0 bridgehead atoms. The Labute approximate surface area is 189 Å². The zero-order valence-corrected chi connectivity index (χ0v) is 18.4. The number of aromatic nitrogens is 4. The number of hydrogen-bond acceptors (Lipinski definition) is 7. The molecule has 10 heteroatoms. The number of hydrogen-bond donors (Lipinski definition) is 1. The van der Waals surface area contributed by atoms with Crippen LogP contribution in [0.15, 0.2) is 65.4 Å². The second-order valence-corrected chi connectivity index (χ2v) is 7.71. The van der Waals surface area contributed by atoms with E-state index < -0.39 is 0 Å². The number of nitrogens with zero attached hydrogens (tertiary/aromatic N) is 5. The lowest BCUT2D eigenvalue weighted by atomic mass is 10.3. The number of halogens is 1. The van der Waals surface area contributed by atoms with E-state index in [0.717, 1.165) is 5.69 Å². The third-order valence-electron chi connectivity index (χ3n) is 3.91. The van der Waals surface area contributed by atoms with E-state index in [1.165, 1.54) is 18.0 Å². The molecule has 0 saturated carbocycles. The van der Waals surface area contributed by atoms with Gasteiger partial charge in [0.2, 0.25) is 0 Å². The summed E-state index contributed by atoms with van der Waals surface area (Å²) < 4.78 is 7.59. The first-order valence-electron chi connectivity index (χ1n) is 9.35. The third-order valence-corrected chi connectivity index (χ3v) is 5.13. The van der Waals surface area contributed by atoms with Crippen molar-refractivity contribution in [3.63, 3.8) is 0 Å². The molecule has 0 spiro atoms. The number of aryl methyl sites for hydroxylation is 1. The number of carbonyl (C=O) groups excluding carboxylic acids is 1. The largest absolute Gasteiger partial charge is 0.486 e. The Bertz CT molecular complexity index is 1070. The molecule has 0 aliphatic carbocycles. The van der Waals surface area contributed by atoms with Crippen LogP contribution in [0.25, 0.3) is 0 Å². The highest BCUT2D eigenvalue weighted by Crippen LogP contribution is 2.20. The molecule has 0 aliphatic rings. The summed E-state index contributed by atoms with van der Waals surface area (Å²) >= 11 is 7.14. The van der Waals surface area contributed by atoms with Crippen LogP contribution in [0.1, 0.15) is 17.2 Å². The summed E-state index contributed by atoms with van der Waals surface area (Å²) in [5.74, 6) is 1.17. The summed E-state index contributed by atoms with van der Waals surface area (Å²) in [6.45, 7) is 6.38. The average Bonchev–Trinajstić information content (AvgIpc) is 3.14. The van der Waals surface area contributed by atoms with Crippen molar-refractivity contribution in [1.82, 2.24) is 25.2 Å². The van der Waals surface area contributed by atoms with Crippen molar-refractivity contribution in [2.45, 2.75) is 25.2 Å². The Morgan fingerprint density at radius 3 is 2.84 bits per heavy atom. The summed E-state index contributed by atoms with van der Waals surface area (Å²) in [5.41, 5.74) is 4.04. The lowest BCUT2D eigenvalue weighted by Gasteiger charge is -2.09. The Kier molecular flexibility index (Phi) is 8.19. The van der Waals surface area contributed by atoms with E-state index in [-0.39, 0.29) is 18.3 Å². The number of rotatable bonds is 10. The lowest BCUT2D eigenvalue weighted by molar-refractivity contribution is -0.118. The molecule has 1 N–H and O–H groups in total. The molecular weight excluding hydrogens is 436 g/mol. The molecular formula is C21H21ClN6O2S. The number of hydrazone groups is 1. The maximum Gasteiger partial charge on any atom is 0.250 e. The zero-order chi connectivity index (χ0) is 22.1. The zero-order valence-electron chi connectivity index (χ0n) is 16.9. The van der Waals surface area contributed by atoms with Crippen LogP contribution >= 0.6 is 23.4 Å². The Morgan fingerprint density at radius 2 is 2.10 bits per heavy atom. The van der Waals surface area contributed by atoms with Crippen molar-refractivity contribution < 1.29 is 9.53 Å². The first-order chi connectivity index (χ1) is 15.0. The highest BCUT2D eigenvalue weighted by molar-refractivity contribution is 7.99. The average molecular weight is 457 g/mol. The second-order valence-electron chi connectivity index (χ2n) is 6.33. The van der Waals surface area contributed by atoms with Gasteiger partial charge in [-0.1, -0.05) is 35.5 Å². The van der Waals surface area contributed by atoms with E-state index in [2.05, 4.69) is 32.3 Å². The fourth-order valence-corrected chi connectivity index (χ4v) is 3.38. The van der Waals surface area contributed by atoms with Gasteiger partial charge in [-0.05, 0) is 43.3 Å². The van der Waals surface area contributed by atoms with Crippen molar-refractivity contribution in [3.05, 3.63) is 77.4 Å². The summed E-state index contributed by atoms with van der Waals surface area (Å²) in [6, 6.07) is 12.6. The Balaban J connectivity index is 1.54.